The Morgan fingerprint density at radius 2 is 1.41 bits per heavy atom. The molecule has 0 bridgehead atoms. The summed E-state index contributed by atoms with van der Waals surface area (Å²) < 4.78 is 25.3. The van der Waals surface area contributed by atoms with E-state index in [9.17, 15) is 0 Å². The van der Waals surface area contributed by atoms with E-state index in [1.807, 2.05) is 19.9 Å². The SMILES string of the molecule is CC(C)O[C@@H]1C=CC(O[Si](C)(C)C(C)(C)C)[C@@H](CO[Si](C)(C)C(C)(C)C)O1. The average Bonchev–Trinajstić information content (AvgIpc) is 2.44. The van der Waals surface area contributed by atoms with Crippen LogP contribution in [0.2, 0.25) is 36.3 Å². The van der Waals surface area contributed by atoms with Crippen LogP contribution < -0.4 is 0 Å². The molecule has 1 aliphatic heterocycles. The number of ether oxygens (including phenoxy) is 2. The Morgan fingerprint density at radius 1 is 0.889 bits per heavy atom. The van der Waals surface area contributed by atoms with Crippen LogP contribution in [-0.4, -0.2) is 47.8 Å². The summed E-state index contributed by atoms with van der Waals surface area (Å²) in [6, 6.07) is 0. The molecule has 0 aliphatic carbocycles. The molecule has 3 atom stereocenters. The normalized spacial score (nSPS) is 25.3. The maximum Gasteiger partial charge on any atom is 0.193 e. The highest BCUT2D eigenvalue weighted by atomic mass is 28.4. The van der Waals surface area contributed by atoms with E-state index in [0.29, 0.717) is 6.61 Å². The van der Waals surface area contributed by atoms with Crippen LogP contribution in [0.25, 0.3) is 0 Å². The van der Waals surface area contributed by atoms with Gasteiger partial charge in [-0.1, -0.05) is 47.6 Å². The molecule has 0 spiro atoms. The predicted molar refractivity (Wildman–Crippen MR) is 119 cm³/mol. The second-order valence-electron chi connectivity index (χ2n) is 11.0. The molecular weight excluding hydrogens is 372 g/mol. The first kappa shape index (κ1) is 25.1. The Hall–Kier alpha value is 0.0138. The smallest absolute Gasteiger partial charge is 0.193 e. The molecule has 160 valence electrons. The first-order valence-corrected chi connectivity index (χ1v) is 16.1. The zero-order chi connectivity index (χ0) is 21.3. The van der Waals surface area contributed by atoms with Crippen molar-refractivity contribution in [3.05, 3.63) is 12.2 Å². The van der Waals surface area contributed by atoms with Crippen molar-refractivity contribution in [1.29, 1.82) is 0 Å². The molecule has 6 heteroatoms. The maximum absolute atomic E-state index is 6.67. The number of hydrogen-bond donors (Lipinski definition) is 0. The first-order valence-electron chi connectivity index (χ1n) is 10.3. The lowest BCUT2D eigenvalue weighted by molar-refractivity contribution is -0.190. The quantitative estimate of drug-likeness (QED) is 0.371. The summed E-state index contributed by atoms with van der Waals surface area (Å²) in [7, 11) is -3.77. The van der Waals surface area contributed by atoms with Gasteiger partial charge in [0.25, 0.3) is 0 Å². The van der Waals surface area contributed by atoms with Crippen molar-refractivity contribution >= 4 is 16.6 Å². The highest BCUT2D eigenvalue weighted by Crippen LogP contribution is 2.40. The molecule has 27 heavy (non-hydrogen) atoms. The fourth-order valence-electron chi connectivity index (χ4n) is 2.24. The molecule has 1 rings (SSSR count). The lowest BCUT2D eigenvalue weighted by Gasteiger charge is -2.43. The summed E-state index contributed by atoms with van der Waals surface area (Å²) in [5.41, 5.74) is 0. The van der Waals surface area contributed by atoms with Crippen molar-refractivity contribution in [2.24, 2.45) is 0 Å². The summed E-state index contributed by atoms with van der Waals surface area (Å²) in [5, 5.41) is 0.318. The van der Waals surface area contributed by atoms with Gasteiger partial charge in [0.15, 0.2) is 22.9 Å². The molecule has 4 nitrogen and oxygen atoms in total. The summed E-state index contributed by atoms with van der Waals surface area (Å²) in [5.74, 6) is 0. The molecule has 1 unspecified atom stereocenters. The highest BCUT2D eigenvalue weighted by molar-refractivity contribution is 6.74. The number of rotatable bonds is 7. The second kappa shape index (κ2) is 8.80. The first-order chi connectivity index (χ1) is 12.0. The minimum absolute atomic E-state index is 0.0947. The zero-order valence-corrected chi connectivity index (χ0v) is 21.8. The molecule has 0 radical (unpaired) electrons. The maximum atomic E-state index is 6.67. The van der Waals surface area contributed by atoms with Crippen molar-refractivity contribution in [2.45, 2.75) is 116 Å². The van der Waals surface area contributed by atoms with E-state index in [1.165, 1.54) is 0 Å². The van der Waals surface area contributed by atoms with Gasteiger partial charge in [-0.15, -0.1) is 0 Å². The molecule has 0 aromatic heterocycles. The minimum atomic E-state index is -1.92. The van der Waals surface area contributed by atoms with Gasteiger partial charge in [0, 0.05) is 0 Å². The van der Waals surface area contributed by atoms with Crippen LogP contribution in [0.3, 0.4) is 0 Å². The standard InChI is InChI=1S/C21H44O4Si2/c1-16(2)23-19-14-13-17(25-27(11,12)21(6,7)8)18(24-19)15-22-26(9,10)20(3,4)5/h13-14,16-19H,15H2,1-12H3/t17?,18-,19+/m1/s1. The van der Waals surface area contributed by atoms with Crippen molar-refractivity contribution in [1.82, 2.24) is 0 Å². The van der Waals surface area contributed by atoms with Gasteiger partial charge in [0.05, 0.1) is 18.8 Å². The molecule has 0 saturated heterocycles. The fourth-order valence-corrected chi connectivity index (χ4v) is 4.52. The zero-order valence-electron chi connectivity index (χ0n) is 19.8. The molecular formula is C21H44O4Si2. The average molecular weight is 417 g/mol. The summed E-state index contributed by atoms with van der Waals surface area (Å²) in [6.07, 6.45) is 3.64. The Kier molecular flexibility index (Phi) is 8.16. The monoisotopic (exact) mass is 416 g/mol. The molecule has 0 aromatic rings. The Bertz CT molecular complexity index is 501. The van der Waals surface area contributed by atoms with Crippen molar-refractivity contribution in [2.75, 3.05) is 6.61 Å². The van der Waals surface area contributed by atoms with Crippen molar-refractivity contribution in [3.8, 4) is 0 Å². The predicted octanol–water partition coefficient (Wildman–Crippen LogP) is 6.10. The highest BCUT2D eigenvalue weighted by Gasteiger charge is 2.43. The van der Waals surface area contributed by atoms with Gasteiger partial charge in [-0.05, 0) is 56.2 Å². The molecule has 0 N–H and O–H groups in total. The van der Waals surface area contributed by atoms with Crippen LogP contribution in [-0.2, 0) is 18.3 Å². The molecule has 0 amide bonds. The second-order valence-corrected chi connectivity index (χ2v) is 20.6. The van der Waals surface area contributed by atoms with Crippen LogP contribution >= 0.6 is 0 Å². The fraction of sp³-hybridized carbons (Fsp3) is 0.905. The summed E-state index contributed by atoms with van der Waals surface area (Å²) in [4.78, 5) is 0. The van der Waals surface area contributed by atoms with Crippen LogP contribution in [0, 0.1) is 0 Å². The van der Waals surface area contributed by atoms with E-state index in [4.69, 9.17) is 18.3 Å². The molecule has 0 saturated carbocycles. The third kappa shape index (κ3) is 7.09. The van der Waals surface area contributed by atoms with Gasteiger partial charge in [0.1, 0.15) is 6.10 Å². The van der Waals surface area contributed by atoms with E-state index in [-0.39, 0.29) is 34.7 Å². The van der Waals surface area contributed by atoms with Crippen molar-refractivity contribution in [3.63, 3.8) is 0 Å². The molecule has 0 fully saturated rings. The van der Waals surface area contributed by atoms with Gasteiger partial charge in [-0.2, -0.15) is 0 Å². The van der Waals surface area contributed by atoms with E-state index in [2.05, 4.69) is 73.8 Å². The van der Waals surface area contributed by atoms with Gasteiger partial charge >= 0.3 is 0 Å². The third-order valence-corrected chi connectivity index (χ3v) is 15.2. The van der Waals surface area contributed by atoms with Gasteiger partial charge in [0.2, 0.25) is 0 Å². The van der Waals surface area contributed by atoms with E-state index < -0.39 is 16.6 Å². The van der Waals surface area contributed by atoms with Crippen LogP contribution in [0.1, 0.15) is 55.4 Å². The Balaban J connectivity index is 2.96. The lowest BCUT2D eigenvalue weighted by atomic mass is 10.1. The van der Waals surface area contributed by atoms with Crippen LogP contribution in [0.15, 0.2) is 12.2 Å². The Morgan fingerprint density at radius 3 is 1.85 bits per heavy atom. The third-order valence-electron chi connectivity index (χ3n) is 6.19. The lowest BCUT2D eigenvalue weighted by Crippen LogP contribution is -2.52. The van der Waals surface area contributed by atoms with Crippen LogP contribution in [0.4, 0.5) is 0 Å². The van der Waals surface area contributed by atoms with Gasteiger partial charge in [-0.25, -0.2) is 0 Å². The van der Waals surface area contributed by atoms with Crippen molar-refractivity contribution < 1.29 is 18.3 Å². The van der Waals surface area contributed by atoms with E-state index >= 15 is 0 Å². The van der Waals surface area contributed by atoms with Gasteiger partial charge in [-0.3, -0.25) is 0 Å². The van der Waals surface area contributed by atoms with E-state index in [1.54, 1.807) is 0 Å². The van der Waals surface area contributed by atoms with Gasteiger partial charge < -0.3 is 18.3 Å². The summed E-state index contributed by atoms with van der Waals surface area (Å²) >= 11 is 0. The van der Waals surface area contributed by atoms with E-state index in [0.717, 1.165) is 0 Å². The minimum Gasteiger partial charge on any atom is -0.414 e. The summed E-state index contributed by atoms with van der Waals surface area (Å²) in [6.45, 7) is 27.3. The molecule has 1 aliphatic rings. The number of hydrogen-bond acceptors (Lipinski definition) is 4. The molecule has 0 aromatic carbocycles. The Labute approximate surface area is 170 Å². The largest absolute Gasteiger partial charge is 0.414 e. The topological polar surface area (TPSA) is 36.9 Å². The van der Waals surface area contributed by atoms with Crippen LogP contribution in [0.5, 0.6) is 0 Å². The molecule has 1 heterocycles.